The number of imidazole rings is 1. The van der Waals surface area contributed by atoms with Crippen LogP contribution in [0.5, 0.6) is 0 Å². The van der Waals surface area contributed by atoms with Crippen LogP contribution in [0.25, 0.3) is 5.65 Å². The van der Waals surface area contributed by atoms with Gasteiger partial charge in [-0.1, -0.05) is 6.07 Å². The van der Waals surface area contributed by atoms with Gasteiger partial charge < -0.3 is 24.8 Å². The molecule has 3 aromatic heterocycles. The van der Waals surface area contributed by atoms with E-state index in [0.29, 0.717) is 25.1 Å². The summed E-state index contributed by atoms with van der Waals surface area (Å²) in [5.41, 5.74) is 1.13. The van der Waals surface area contributed by atoms with Crippen LogP contribution in [-0.2, 0) is 10.3 Å². The van der Waals surface area contributed by atoms with Crippen molar-refractivity contribution < 1.29 is 12.0 Å². The number of aromatic nitrogens is 4. The van der Waals surface area contributed by atoms with E-state index in [9.17, 15) is 9.18 Å². The summed E-state index contributed by atoms with van der Waals surface area (Å²) < 4.78 is 16.5. The highest BCUT2D eigenvalue weighted by atomic mass is 19.1. The minimum Gasteiger partial charge on any atom is -0.352 e. The van der Waals surface area contributed by atoms with E-state index < -0.39 is 11.4 Å². The van der Waals surface area contributed by atoms with Crippen molar-refractivity contribution in [2.24, 2.45) is 5.92 Å². The zero-order valence-electron chi connectivity index (χ0n) is 19.1. The molecule has 0 radical (unpaired) electrons. The molecule has 9 nitrogen and oxygen atoms in total. The molecule has 2 aliphatic rings. The van der Waals surface area contributed by atoms with Gasteiger partial charge in [-0.25, -0.2) is 14.4 Å². The first-order valence-electron chi connectivity index (χ1n) is 11.3. The van der Waals surface area contributed by atoms with Crippen LogP contribution in [-0.4, -0.2) is 64.0 Å². The molecule has 2 saturated heterocycles. The lowest BCUT2D eigenvalue weighted by molar-refractivity contribution is -0.127. The average Bonchev–Trinajstić information content (AvgIpc) is 3.19. The molecule has 5 rings (SSSR count). The Labute approximate surface area is 195 Å². The Morgan fingerprint density at radius 1 is 1.21 bits per heavy atom. The monoisotopic (exact) mass is 456 g/mol. The standard InChI is InChI=1S/C23H29FN8O.2H2/c1-15-12-30(9-7-25-15)22-27-10-17(24)20(28-22)31-13-16(14-31)21(33)29-23(2,3)18-11-26-19-6-4-5-8-32(18)19;;/h4-6,8,10-11,15-16,25H,7,9,12-14H2,1-3H3,(H,29,33);2*1H/t15-;;/m1../s1. The van der Waals surface area contributed by atoms with E-state index in [0.717, 1.165) is 31.0 Å². The Hall–Kier alpha value is -3.27. The number of anilines is 2. The molecule has 0 spiro atoms. The maximum atomic E-state index is 14.5. The fourth-order valence-corrected chi connectivity index (χ4v) is 4.52. The first kappa shape index (κ1) is 21.6. The predicted octanol–water partition coefficient (Wildman–Crippen LogP) is 2.04. The zero-order chi connectivity index (χ0) is 23.2. The van der Waals surface area contributed by atoms with Gasteiger partial charge >= 0.3 is 0 Å². The van der Waals surface area contributed by atoms with Gasteiger partial charge in [-0.15, -0.1) is 0 Å². The zero-order valence-corrected chi connectivity index (χ0v) is 19.1. The highest BCUT2D eigenvalue weighted by molar-refractivity contribution is 5.82. The third kappa shape index (κ3) is 4.10. The van der Waals surface area contributed by atoms with Crippen LogP contribution in [0.3, 0.4) is 0 Å². The number of nitrogens with one attached hydrogen (secondary N) is 2. The molecule has 2 fully saturated rings. The molecule has 3 aromatic rings. The van der Waals surface area contributed by atoms with Gasteiger partial charge in [0.1, 0.15) is 5.65 Å². The summed E-state index contributed by atoms with van der Waals surface area (Å²) in [5, 5.41) is 6.52. The van der Waals surface area contributed by atoms with Crippen LogP contribution in [0.2, 0.25) is 0 Å². The van der Waals surface area contributed by atoms with Gasteiger partial charge in [0, 0.05) is 47.8 Å². The second kappa shape index (κ2) is 8.26. The molecule has 178 valence electrons. The lowest BCUT2D eigenvalue weighted by Gasteiger charge is -2.41. The number of carbonyl (C=O) groups is 1. The van der Waals surface area contributed by atoms with E-state index in [1.54, 1.807) is 11.1 Å². The second-order valence-corrected chi connectivity index (χ2v) is 9.43. The minimum absolute atomic E-state index is 0. The van der Waals surface area contributed by atoms with Gasteiger partial charge in [0.05, 0.1) is 29.5 Å². The lowest BCUT2D eigenvalue weighted by atomic mass is 9.95. The summed E-state index contributed by atoms with van der Waals surface area (Å²) >= 11 is 0. The summed E-state index contributed by atoms with van der Waals surface area (Å²) in [6, 6.07) is 6.12. The smallest absolute Gasteiger partial charge is 0.227 e. The maximum Gasteiger partial charge on any atom is 0.227 e. The summed E-state index contributed by atoms with van der Waals surface area (Å²) in [5.74, 6) is 0.0257. The molecular formula is C23H33FN8O. The normalized spacial score (nSPS) is 19.6. The summed E-state index contributed by atoms with van der Waals surface area (Å²) in [6.07, 6.45) is 4.95. The van der Waals surface area contributed by atoms with Crippen LogP contribution in [0.1, 0.15) is 29.3 Å². The molecule has 0 bridgehead atoms. The third-order valence-corrected chi connectivity index (χ3v) is 6.41. The van der Waals surface area contributed by atoms with Crippen LogP contribution < -0.4 is 20.4 Å². The quantitative estimate of drug-likeness (QED) is 0.607. The second-order valence-electron chi connectivity index (χ2n) is 9.43. The maximum absolute atomic E-state index is 14.5. The Kier molecular flexibility index (Phi) is 5.40. The number of piperazine rings is 1. The topological polar surface area (TPSA) is 90.7 Å². The fourth-order valence-electron chi connectivity index (χ4n) is 4.52. The molecular weight excluding hydrogens is 423 g/mol. The Bertz CT molecular complexity index is 1180. The molecule has 1 atom stereocenters. The number of carbonyl (C=O) groups excluding carboxylic acids is 1. The Balaban J connectivity index is 0.00000171. The minimum atomic E-state index is -0.607. The van der Waals surface area contributed by atoms with E-state index in [4.69, 9.17) is 0 Å². The summed E-state index contributed by atoms with van der Waals surface area (Å²) in [4.78, 5) is 29.9. The Morgan fingerprint density at radius 3 is 2.82 bits per heavy atom. The first-order valence-corrected chi connectivity index (χ1v) is 11.3. The number of hydrogen-bond donors (Lipinski definition) is 2. The van der Waals surface area contributed by atoms with E-state index in [1.807, 2.05) is 42.6 Å². The molecule has 10 heteroatoms. The van der Waals surface area contributed by atoms with Crippen molar-refractivity contribution in [3.63, 3.8) is 0 Å². The van der Waals surface area contributed by atoms with Crippen molar-refractivity contribution in [1.82, 2.24) is 30.0 Å². The van der Waals surface area contributed by atoms with Gasteiger partial charge in [-0.3, -0.25) is 4.79 Å². The van der Waals surface area contributed by atoms with Crippen molar-refractivity contribution in [1.29, 1.82) is 0 Å². The average molecular weight is 457 g/mol. The van der Waals surface area contributed by atoms with Crippen LogP contribution in [0.4, 0.5) is 16.2 Å². The van der Waals surface area contributed by atoms with Gasteiger partial charge in [0.15, 0.2) is 11.6 Å². The fraction of sp³-hybridized carbons (Fsp3) is 0.478. The van der Waals surface area contributed by atoms with Gasteiger partial charge in [-0.05, 0) is 32.9 Å². The molecule has 0 saturated carbocycles. The van der Waals surface area contributed by atoms with E-state index in [1.165, 1.54) is 6.20 Å². The summed E-state index contributed by atoms with van der Waals surface area (Å²) in [7, 11) is 0. The van der Waals surface area contributed by atoms with Crippen molar-refractivity contribution in [3.8, 4) is 0 Å². The molecule has 5 heterocycles. The number of fused-ring (bicyclic) bond motifs is 1. The molecule has 33 heavy (non-hydrogen) atoms. The number of rotatable bonds is 5. The van der Waals surface area contributed by atoms with Crippen molar-refractivity contribution in [2.75, 3.05) is 42.5 Å². The Morgan fingerprint density at radius 2 is 2.03 bits per heavy atom. The molecule has 2 N–H and O–H groups in total. The molecule has 1 amide bonds. The number of halogens is 1. The number of amides is 1. The summed E-state index contributed by atoms with van der Waals surface area (Å²) in [6.45, 7) is 9.24. The molecule has 0 aromatic carbocycles. The van der Waals surface area contributed by atoms with E-state index >= 15 is 0 Å². The highest BCUT2D eigenvalue weighted by Crippen LogP contribution is 2.29. The number of hydrogen-bond acceptors (Lipinski definition) is 7. The van der Waals surface area contributed by atoms with E-state index in [2.05, 4.69) is 37.4 Å². The van der Waals surface area contributed by atoms with Crippen LogP contribution in [0.15, 0.2) is 36.8 Å². The lowest BCUT2D eigenvalue weighted by Crippen LogP contribution is -2.57. The highest BCUT2D eigenvalue weighted by Gasteiger charge is 2.38. The predicted molar refractivity (Wildman–Crippen MR) is 128 cm³/mol. The third-order valence-electron chi connectivity index (χ3n) is 6.41. The van der Waals surface area contributed by atoms with Crippen molar-refractivity contribution in [2.45, 2.75) is 32.4 Å². The van der Waals surface area contributed by atoms with Crippen LogP contribution >= 0.6 is 0 Å². The molecule has 0 unspecified atom stereocenters. The van der Waals surface area contributed by atoms with Gasteiger partial charge in [-0.2, -0.15) is 4.98 Å². The number of pyridine rings is 1. The molecule has 2 aliphatic heterocycles. The largest absolute Gasteiger partial charge is 0.352 e. The van der Waals surface area contributed by atoms with Gasteiger partial charge in [0.2, 0.25) is 11.9 Å². The van der Waals surface area contributed by atoms with Crippen molar-refractivity contribution >= 4 is 23.3 Å². The SMILES string of the molecule is C[C@@H]1CN(c2ncc(F)c(N3CC(C(=O)NC(C)(C)c4cnc5ccccn45)C3)n2)CCN1.[HH].[HH]. The number of nitrogens with zero attached hydrogens (tertiary/aromatic N) is 6. The molecule has 0 aliphatic carbocycles. The van der Waals surface area contributed by atoms with Crippen LogP contribution in [0, 0.1) is 11.7 Å². The van der Waals surface area contributed by atoms with E-state index in [-0.39, 0.29) is 20.5 Å². The van der Waals surface area contributed by atoms with Gasteiger partial charge in [0.25, 0.3) is 0 Å². The first-order chi connectivity index (χ1) is 15.8. The van der Waals surface area contributed by atoms with Crippen molar-refractivity contribution in [3.05, 3.63) is 48.3 Å².